The van der Waals surface area contributed by atoms with E-state index in [2.05, 4.69) is 11.9 Å². The third kappa shape index (κ3) is 2.34. The van der Waals surface area contributed by atoms with Gasteiger partial charge >= 0.3 is 0 Å². The fourth-order valence-electron chi connectivity index (χ4n) is 4.47. The summed E-state index contributed by atoms with van der Waals surface area (Å²) in [5, 5.41) is 21.6. The number of rotatable bonds is 0. The van der Waals surface area contributed by atoms with Crippen LogP contribution >= 0.6 is 0 Å². The van der Waals surface area contributed by atoms with Crippen LogP contribution in [-0.2, 0) is 17.6 Å². The average Bonchev–Trinajstić information content (AvgIpc) is 2.51. The number of likely N-dealkylation sites (N-methyl/N-ethyl adjacent to an activating group) is 1. The van der Waals surface area contributed by atoms with E-state index in [4.69, 9.17) is 4.74 Å². The van der Waals surface area contributed by atoms with Crippen LogP contribution in [0.25, 0.3) is 0 Å². The van der Waals surface area contributed by atoms with Gasteiger partial charge in [-0.1, -0.05) is 6.07 Å². The lowest BCUT2D eigenvalue weighted by atomic mass is 9.74. The molecule has 0 unspecified atom stereocenters. The van der Waals surface area contributed by atoms with Crippen molar-refractivity contribution in [2.75, 3.05) is 13.6 Å². The third-order valence-corrected chi connectivity index (χ3v) is 5.80. The van der Waals surface area contributed by atoms with Gasteiger partial charge in [-0.2, -0.15) is 0 Å². The van der Waals surface area contributed by atoms with Crippen LogP contribution in [0.2, 0.25) is 0 Å². The normalized spacial score (nSPS) is 33.9. The van der Waals surface area contributed by atoms with Crippen molar-refractivity contribution in [3.63, 3.8) is 0 Å². The van der Waals surface area contributed by atoms with Crippen LogP contribution in [0.15, 0.2) is 12.1 Å². The van der Waals surface area contributed by atoms with Crippen LogP contribution in [0.4, 0.5) is 0 Å². The first-order chi connectivity index (χ1) is 11.0. The number of nitrogens with zero attached hydrogens (tertiary/aromatic N) is 1. The van der Waals surface area contributed by atoms with Crippen molar-refractivity contribution in [2.24, 2.45) is 0 Å². The minimum Gasteiger partial charge on any atom is -0.504 e. The van der Waals surface area contributed by atoms with Gasteiger partial charge in [0.15, 0.2) is 23.4 Å². The maximum atomic E-state index is 12.3. The number of carbonyl (C=O) groups excluding carboxylic acids is 1. The maximum absolute atomic E-state index is 12.3. The second-order valence-electron chi connectivity index (χ2n) is 7.24. The molecule has 0 amide bonds. The van der Waals surface area contributed by atoms with Crippen molar-refractivity contribution in [1.82, 2.24) is 4.90 Å². The van der Waals surface area contributed by atoms with Gasteiger partial charge in [0.25, 0.3) is 0 Å². The van der Waals surface area contributed by atoms with E-state index in [1.165, 1.54) is 0 Å². The molecule has 1 saturated carbocycles. The average molecular weight is 317 g/mol. The quantitative estimate of drug-likeness (QED) is 0.757. The summed E-state index contributed by atoms with van der Waals surface area (Å²) in [7, 11) is 2.05. The van der Waals surface area contributed by atoms with Crippen LogP contribution in [0.5, 0.6) is 11.5 Å². The Labute approximate surface area is 135 Å². The predicted octanol–water partition coefficient (Wildman–Crippen LogP) is 1.43. The highest BCUT2D eigenvalue weighted by Gasteiger charge is 2.48. The number of carbonyl (C=O) groups is 1. The summed E-state index contributed by atoms with van der Waals surface area (Å²) < 4.78 is 5.97. The number of fused-ring (bicyclic) bond motifs is 4. The fraction of sp³-hybridized carbons (Fsp3) is 0.611. The van der Waals surface area contributed by atoms with E-state index in [1.54, 1.807) is 6.07 Å². The van der Waals surface area contributed by atoms with Crippen molar-refractivity contribution in [3.05, 3.63) is 23.3 Å². The van der Waals surface area contributed by atoms with Gasteiger partial charge in [-0.25, -0.2) is 0 Å². The van der Waals surface area contributed by atoms with Crippen molar-refractivity contribution < 1.29 is 19.7 Å². The Hall–Kier alpha value is -1.59. The van der Waals surface area contributed by atoms with Gasteiger partial charge in [0, 0.05) is 24.4 Å². The van der Waals surface area contributed by atoms with E-state index < -0.39 is 11.7 Å². The lowest BCUT2D eigenvalue weighted by molar-refractivity contribution is -0.142. The van der Waals surface area contributed by atoms with Crippen LogP contribution in [0.1, 0.15) is 36.8 Å². The molecule has 0 radical (unpaired) electrons. The minimum absolute atomic E-state index is 0.0213. The summed E-state index contributed by atoms with van der Waals surface area (Å²) in [5.74, 6) is 0.571. The SMILES string of the molecule is CN1CCCc2c3ccc(O)c2O[C@@H]2C[C@@](O)(CCC2=O)[C@H]1C3. The second kappa shape index (κ2) is 5.21. The molecule has 2 N–H and O–H groups in total. The summed E-state index contributed by atoms with van der Waals surface area (Å²) in [4.78, 5) is 14.5. The Morgan fingerprint density at radius 2 is 2.17 bits per heavy atom. The van der Waals surface area contributed by atoms with Gasteiger partial charge in [-0.05, 0) is 50.9 Å². The van der Waals surface area contributed by atoms with Crippen LogP contribution in [0.3, 0.4) is 0 Å². The topological polar surface area (TPSA) is 70.0 Å². The number of hydrogen-bond acceptors (Lipinski definition) is 5. The Morgan fingerprint density at radius 3 is 3.00 bits per heavy atom. The zero-order chi connectivity index (χ0) is 16.2. The molecule has 3 atom stereocenters. The van der Waals surface area contributed by atoms with Crippen molar-refractivity contribution in [3.8, 4) is 11.5 Å². The van der Waals surface area contributed by atoms with E-state index in [-0.39, 0.29) is 17.6 Å². The lowest BCUT2D eigenvalue weighted by Crippen LogP contribution is -2.58. The van der Waals surface area contributed by atoms with Gasteiger partial charge in [0.1, 0.15) is 0 Å². The van der Waals surface area contributed by atoms with Gasteiger partial charge in [-0.15, -0.1) is 0 Å². The first-order valence-corrected chi connectivity index (χ1v) is 8.44. The predicted molar refractivity (Wildman–Crippen MR) is 84.8 cm³/mol. The molecule has 1 aromatic rings. The first kappa shape index (κ1) is 15.0. The van der Waals surface area contributed by atoms with Crippen molar-refractivity contribution in [2.45, 2.75) is 56.3 Å². The molecule has 0 spiro atoms. The van der Waals surface area contributed by atoms with Crippen molar-refractivity contribution in [1.29, 1.82) is 0 Å². The highest BCUT2D eigenvalue weighted by atomic mass is 16.5. The van der Waals surface area contributed by atoms with Gasteiger partial charge < -0.3 is 19.8 Å². The van der Waals surface area contributed by atoms with E-state index >= 15 is 0 Å². The van der Waals surface area contributed by atoms with Crippen molar-refractivity contribution >= 4 is 5.78 Å². The molecule has 4 rings (SSSR count). The molecule has 6 bridgehead atoms. The number of aliphatic hydroxyl groups is 1. The number of Topliss-reactive ketones (excluding diaryl/α,β-unsaturated/α-hetero) is 1. The second-order valence-corrected chi connectivity index (χ2v) is 7.24. The molecule has 2 heterocycles. The molecule has 5 heteroatoms. The summed E-state index contributed by atoms with van der Waals surface area (Å²) in [6.07, 6.45) is 2.93. The Kier molecular flexibility index (Phi) is 3.39. The largest absolute Gasteiger partial charge is 0.504 e. The Bertz CT molecular complexity index is 659. The zero-order valence-corrected chi connectivity index (χ0v) is 13.4. The summed E-state index contributed by atoms with van der Waals surface area (Å²) >= 11 is 0. The number of phenolic OH excluding ortho intramolecular Hbond substituents is 1. The standard InChI is InChI=1S/C18H23NO4/c1-19-8-2-3-12-11-4-5-14(21)17(12)23-15-10-18(22,16(19)9-11)7-6-13(15)20/h4-5,15-16,21-22H,2-3,6-10H2,1H3/t15-,16-,18+/m1/s1. The minimum atomic E-state index is -0.926. The molecule has 2 aliphatic heterocycles. The van der Waals surface area contributed by atoms with E-state index in [1.807, 2.05) is 6.07 Å². The van der Waals surface area contributed by atoms with E-state index in [0.29, 0.717) is 25.0 Å². The number of hydrogen-bond donors (Lipinski definition) is 2. The first-order valence-electron chi connectivity index (χ1n) is 8.44. The molecular formula is C18H23NO4. The summed E-state index contributed by atoms with van der Waals surface area (Å²) in [6, 6.07) is 3.55. The highest BCUT2D eigenvalue weighted by Crippen LogP contribution is 2.43. The fourth-order valence-corrected chi connectivity index (χ4v) is 4.47. The molecule has 0 saturated heterocycles. The monoisotopic (exact) mass is 317 g/mol. The number of ether oxygens (including phenoxy) is 1. The number of benzene rings is 1. The van der Waals surface area contributed by atoms with Gasteiger partial charge in [-0.3, -0.25) is 4.79 Å². The molecule has 124 valence electrons. The molecule has 1 fully saturated rings. The van der Waals surface area contributed by atoms with Crippen LogP contribution in [0, 0.1) is 0 Å². The maximum Gasteiger partial charge on any atom is 0.173 e. The molecule has 3 aliphatic rings. The van der Waals surface area contributed by atoms with Gasteiger partial charge in [0.05, 0.1) is 5.60 Å². The number of phenols is 1. The third-order valence-electron chi connectivity index (χ3n) is 5.80. The molecule has 23 heavy (non-hydrogen) atoms. The summed E-state index contributed by atoms with van der Waals surface area (Å²) in [5.41, 5.74) is 1.19. The molecule has 1 aromatic carbocycles. The molecule has 0 aromatic heterocycles. The Morgan fingerprint density at radius 1 is 1.35 bits per heavy atom. The molecule has 5 nitrogen and oxygen atoms in total. The van der Waals surface area contributed by atoms with Crippen LogP contribution < -0.4 is 4.74 Å². The number of aromatic hydroxyl groups is 1. The Balaban J connectivity index is 1.91. The summed E-state index contributed by atoms with van der Waals surface area (Å²) in [6.45, 7) is 0.889. The van der Waals surface area contributed by atoms with E-state index in [0.717, 1.165) is 36.9 Å². The lowest BCUT2D eigenvalue weighted by Gasteiger charge is -2.45. The molecule has 1 aliphatic carbocycles. The van der Waals surface area contributed by atoms with E-state index in [9.17, 15) is 15.0 Å². The van der Waals surface area contributed by atoms with Crippen LogP contribution in [-0.4, -0.2) is 52.2 Å². The van der Waals surface area contributed by atoms with Gasteiger partial charge in [0.2, 0.25) is 0 Å². The highest BCUT2D eigenvalue weighted by molar-refractivity contribution is 5.84. The molecular weight excluding hydrogens is 294 g/mol. The smallest absolute Gasteiger partial charge is 0.173 e. The number of ketones is 1. The zero-order valence-electron chi connectivity index (χ0n) is 13.4.